The molecule has 0 bridgehead atoms. The van der Waals surface area contributed by atoms with Gasteiger partial charge in [0.1, 0.15) is 0 Å². The molecule has 28 heavy (non-hydrogen) atoms. The quantitative estimate of drug-likeness (QED) is 0.405. The minimum absolute atomic E-state index is 0.176. The van der Waals surface area contributed by atoms with Crippen LogP contribution in [-0.2, 0) is 17.6 Å². The van der Waals surface area contributed by atoms with Crippen molar-refractivity contribution < 1.29 is 9.90 Å². The summed E-state index contributed by atoms with van der Waals surface area (Å²) in [5.41, 5.74) is 3.39. The van der Waals surface area contributed by atoms with Crippen LogP contribution in [0.5, 0.6) is 0 Å². The molecule has 4 rings (SSSR count). The first-order chi connectivity index (χ1) is 13.4. The average Bonchev–Trinajstić information content (AvgIpc) is 2.67. The fourth-order valence-electron chi connectivity index (χ4n) is 4.31. The molecule has 0 spiro atoms. The number of aliphatic carboxylic acids is 1. The van der Waals surface area contributed by atoms with E-state index in [-0.39, 0.29) is 5.57 Å². The summed E-state index contributed by atoms with van der Waals surface area (Å²) in [5.74, 6) is 0.761. The van der Waals surface area contributed by atoms with Gasteiger partial charge in [-0.1, -0.05) is 69.0 Å². The average molecular weight is 375 g/mol. The van der Waals surface area contributed by atoms with Crippen LogP contribution < -0.4 is 0 Å². The molecule has 0 aromatic heterocycles. The van der Waals surface area contributed by atoms with Crippen molar-refractivity contribution in [2.24, 2.45) is 11.8 Å². The Morgan fingerprint density at radius 3 is 2.43 bits per heavy atom. The molecule has 1 aliphatic carbocycles. The second-order valence-corrected chi connectivity index (χ2v) is 8.41. The zero-order valence-corrected chi connectivity index (χ0v) is 17.2. The minimum Gasteiger partial charge on any atom is -0.478 e. The third-order valence-electron chi connectivity index (χ3n) is 5.62. The van der Waals surface area contributed by atoms with Gasteiger partial charge in [0.05, 0.1) is 0 Å². The van der Waals surface area contributed by atoms with E-state index >= 15 is 0 Å². The van der Waals surface area contributed by atoms with Crippen molar-refractivity contribution in [2.75, 3.05) is 0 Å². The maximum absolute atomic E-state index is 9.60. The van der Waals surface area contributed by atoms with E-state index in [2.05, 4.69) is 69.0 Å². The van der Waals surface area contributed by atoms with Crippen LogP contribution in [0.25, 0.3) is 21.5 Å². The van der Waals surface area contributed by atoms with Gasteiger partial charge in [0.25, 0.3) is 0 Å². The lowest BCUT2D eigenvalue weighted by Crippen LogP contribution is -2.16. The van der Waals surface area contributed by atoms with Crippen LogP contribution in [0.1, 0.15) is 44.7 Å². The highest BCUT2D eigenvalue weighted by molar-refractivity contribution is 6.08. The molecule has 1 atom stereocenters. The summed E-state index contributed by atoms with van der Waals surface area (Å²) < 4.78 is 0. The Kier molecular flexibility index (Phi) is 6.18. The van der Waals surface area contributed by atoms with E-state index in [0.29, 0.717) is 0 Å². The van der Waals surface area contributed by atoms with Gasteiger partial charge in [0.2, 0.25) is 0 Å². The van der Waals surface area contributed by atoms with Crippen LogP contribution in [0.15, 0.2) is 60.7 Å². The summed E-state index contributed by atoms with van der Waals surface area (Å²) in [7, 11) is 0. The molecule has 0 fully saturated rings. The van der Waals surface area contributed by atoms with Crippen LogP contribution >= 0.6 is 0 Å². The Morgan fingerprint density at radius 1 is 1.07 bits per heavy atom. The van der Waals surface area contributed by atoms with E-state index in [4.69, 9.17) is 5.11 Å². The minimum atomic E-state index is -0.935. The SMILES string of the molecule is C=C(C)C(=O)O.CC(C)CC1CCc2c(ccc3c2ccc2ccccc23)C1. The largest absolute Gasteiger partial charge is 0.478 e. The molecule has 2 heteroatoms. The summed E-state index contributed by atoms with van der Waals surface area (Å²) >= 11 is 0. The number of carboxylic acid groups (broad SMARTS) is 1. The molecule has 0 saturated heterocycles. The van der Waals surface area contributed by atoms with Gasteiger partial charge in [0.15, 0.2) is 0 Å². The first-order valence-electron chi connectivity index (χ1n) is 10.2. The van der Waals surface area contributed by atoms with E-state index in [0.717, 1.165) is 11.8 Å². The van der Waals surface area contributed by atoms with Crippen molar-refractivity contribution in [3.63, 3.8) is 0 Å². The number of carbonyl (C=O) groups is 1. The van der Waals surface area contributed by atoms with Gasteiger partial charge in [-0.25, -0.2) is 4.79 Å². The molecule has 1 aliphatic rings. The molecule has 0 radical (unpaired) electrons. The maximum atomic E-state index is 9.60. The Hall–Kier alpha value is -2.61. The Balaban J connectivity index is 0.000000330. The number of rotatable bonds is 3. The number of hydrogen-bond acceptors (Lipinski definition) is 1. The first kappa shape index (κ1) is 20.1. The zero-order valence-electron chi connectivity index (χ0n) is 17.2. The van der Waals surface area contributed by atoms with Crippen molar-refractivity contribution in [1.82, 2.24) is 0 Å². The second kappa shape index (κ2) is 8.60. The summed E-state index contributed by atoms with van der Waals surface area (Å²) in [6.07, 6.45) is 5.25. The fourth-order valence-corrected chi connectivity index (χ4v) is 4.31. The first-order valence-corrected chi connectivity index (χ1v) is 10.2. The van der Waals surface area contributed by atoms with Crippen LogP contribution in [0.2, 0.25) is 0 Å². The highest BCUT2D eigenvalue weighted by Crippen LogP contribution is 2.36. The van der Waals surface area contributed by atoms with Gasteiger partial charge in [-0.2, -0.15) is 0 Å². The van der Waals surface area contributed by atoms with E-state index in [9.17, 15) is 4.79 Å². The maximum Gasteiger partial charge on any atom is 0.330 e. The van der Waals surface area contributed by atoms with Crippen LogP contribution in [0.4, 0.5) is 0 Å². The molecule has 146 valence electrons. The van der Waals surface area contributed by atoms with Crippen molar-refractivity contribution >= 4 is 27.5 Å². The van der Waals surface area contributed by atoms with Crippen LogP contribution in [0, 0.1) is 11.8 Å². The van der Waals surface area contributed by atoms with Crippen molar-refractivity contribution in [3.05, 3.63) is 71.8 Å². The number of aryl methyl sites for hydroxylation is 1. The van der Waals surface area contributed by atoms with Gasteiger partial charge >= 0.3 is 5.97 Å². The normalized spacial score (nSPS) is 15.8. The van der Waals surface area contributed by atoms with Crippen molar-refractivity contribution in [2.45, 2.75) is 46.5 Å². The molecule has 1 unspecified atom stereocenters. The standard InChI is InChI=1S/C22H24.C4H6O2/c1-15(2)13-16-7-10-20-18(14-16)9-12-21-19-6-4-3-5-17(19)8-11-22(20)21;1-3(2)4(5)6/h3-6,8-9,11-12,15-16H,7,10,13-14H2,1-2H3;1H2,2H3,(H,5,6). The van der Waals surface area contributed by atoms with Gasteiger partial charge in [-0.3, -0.25) is 0 Å². The summed E-state index contributed by atoms with van der Waals surface area (Å²) in [6.45, 7) is 9.30. The lowest BCUT2D eigenvalue weighted by molar-refractivity contribution is -0.132. The van der Waals surface area contributed by atoms with Gasteiger partial charge in [-0.15, -0.1) is 0 Å². The summed E-state index contributed by atoms with van der Waals surface area (Å²) in [6, 6.07) is 18.1. The fraction of sp³-hybridized carbons (Fsp3) is 0.346. The van der Waals surface area contributed by atoms with E-state index in [1.54, 1.807) is 11.1 Å². The summed E-state index contributed by atoms with van der Waals surface area (Å²) in [4.78, 5) is 9.60. The molecule has 0 saturated carbocycles. The highest BCUT2D eigenvalue weighted by atomic mass is 16.4. The Bertz CT molecular complexity index is 1000. The third-order valence-corrected chi connectivity index (χ3v) is 5.62. The molecule has 2 nitrogen and oxygen atoms in total. The van der Waals surface area contributed by atoms with Crippen molar-refractivity contribution in [1.29, 1.82) is 0 Å². The Morgan fingerprint density at radius 2 is 1.75 bits per heavy atom. The lowest BCUT2D eigenvalue weighted by Gasteiger charge is -2.27. The molecule has 0 heterocycles. The second-order valence-electron chi connectivity index (χ2n) is 8.41. The van der Waals surface area contributed by atoms with Crippen LogP contribution in [-0.4, -0.2) is 11.1 Å². The van der Waals surface area contributed by atoms with Crippen LogP contribution in [0.3, 0.4) is 0 Å². The molecular formula is C26H30O2. The molecule has 3 aromatic carbocycles. The molecule has 0 amide bonds. The van der Waals surface area contributed by atoms with E-state index in [1.165, 1.54) is 54.2 Å². The van der Waals surface area contributed by atoms with Gasteiger partial charge in [-0.05, 0) is 77.1 Å². The van der Waals surface area contributed by atoms with E-state index < -0.39 is 5.97 Å². The topological polar surface area (TPSA) is 37.3 Å². The smallest absolute Gasteiger partial charge is 0.330 e. The molecule has 0 aliphatic heterocycles. The molecular weight excluding hydrogens is 344 g/mol. The molecule has 1 N–H and O–H groups in total. The number of carboxylic acids is 1. The number of fused-ring (bicyclic) bond motifs is 5. The molecule has 3 aromatic rings. The summed E-state index contributed by atoms with van der Waals surface area (Å²) in [5, 5.41) is 13.6. The third kappa shape index (κ3) is 4.44. The lowest BCUT2D eigenvalue weighted by atomic mass is 9.78. The van der Waals surface area contributed by atoms with Gasteiger partial charge in [0, 0.05) is 5.57 Å². The zero-order chi connectivity index (χ0) is 20.3. The predicted molar refractivity (Wildman–Crippen MR) is 119 cm³/mol. The number of hydrogen-bond donors (Lipinski definition) is 1. The van der Waals surface area contributed by atoms with Gasteiger partial charge < -0.3 is 5.11 Å². The monoisotopic (exact) mass is 374 g/mol. The Labute approximate surface area is 167 Å². The predicted octanol–water partition coefficient (Wildman–Crippen LogP) is 6.79. The highest BCUT2D eigenvalue weighted by Gasteiger charge is 2.21. The van der Waals surface area contributed by atoms with Crippen molar-refractivity contribution in [3.8, 4) is 0 Å². The van der Waals surface area contributed by atoms with E-state index in [1.807, 2.05) is 0 Å². The number of benzene rings is 3.